The van der Waals surface area contributed by atoms with E-state index in [1.54, 1.807) is 12.1 Å². The Morgan fingerprint density at radius 3 is 2.68 bits per heavy atom. The van der Waals surface area contributed by atoms with Crippen molar-refractivity contribution in [2.24, 2.45) is 0 Å². The molecule has 2 rings (SSSR count). The zero-order valence-electron chi connectivity index (χ0n) is 11.2. The summed E-state index contributed by atoms with van der Waals surface area (Å²) in [5, 5.41) is 3.08. The second-order valence-corrected chi connectivity index (χ2v) is 4.54. The van der Waals surface area contributed by atoms with Gasteiger partial charge in [0.2, 0.25) is 0 Å². The highest BCUT2D eigenvalue weighted by molar-refractivity contribution is 5.39. The van der Waals surface area contributed by atoms with Crippen molar-refractivity contribution in [3.63, 3.8) is 0 Å². The highest BCUT2D eigenvalue weighted by Crippen LogP contribution is 2.13. The van der Waals surface area contributed by atoms with Gasteiger partial charge in [-0.2, -0.15) is 0 Å². The minimum atomic E-state index is -0.205. The standard InChI is InChI=1S/C15H18FN3/c1-17-9-13-6-7-15(18-10-13)19(2)11-12-4-3-5-14(16)8-12/h3-8,10,17H,9,11H2,1-2H3. The lowest BCUT2D eigenvalue weighted by molar-refractivity contribution is 0.625. The Morgan fingerprint density at radius 2 is 2.05 bits per heavy atom. The van der Waals surface area contributed by atoms with E-state index in [4.69, 9.17) is 0 Å². The molecular weight excluding hydrogens is 241 g/mol. The minimum Gasteiger partial charge on any atom is -0.355 e. The quantitative estimate of drug-likeness (QED) is 0.894. The van der Waals surface area contributed by atoms with Crippen molar-refractivity contribution < 1.29 is 4.39 Å². The van der Waals surface area contributed by atoms with Crippen LogP contribution < -0.4 is 10.2 Å². The monoisotopic (exact) mass is 259 g/mol. The molecule has 1 aromatic carbocycles. The van der Waals surface area contributed by atoms with Gasteiger partial charge in [-0.25, -0.2) is 9.37 Å². The molecule has 0 atom stereocenters. The summed E-state index contributed by atoms with van der Waals surface area (Å²) >= 11 is 0. The number of aromatic nitrogens is 1. The van der Waals surface area contributed by atoms with Gasteiger partial charge in [0.05, 0.1) is 0 Å². The molecule has 0 amide bonds. The summed E-state index contributed by atoms with van der Waals surface area (Å²) in [6, 6.07) is 10.7. The summed E-state index contributed by atoms with van der Waals surface area (Å²) in [5.41, 5.74) is 2.08. The van der Waals surface area contributed by atoms with E-state index in [1.165, 1.54) is 6.07 Å². The molecule has 19 heavy (non-hydrogen) atoms. The molecule has 2 aromatic rings. The molecule has 4 heteroatoms. The topological polar surface area (TPSA) is 28.2 Å². The molecule has 0 aliphatic rings. The predicted molar refractivity (Wildman–Crippen MR) is 75.5 cm³/mol. The van der Waals surface area contributed by atoms with Gasteiger partial charge in [-0.05, 0) is 36.4 Å². The van der Waals surface area contributed by atoms with Crippen LogP contribution in [-0.2, 0) is 13.1 Å². The molecule has 0 bridgehead atoms. The van der Waals surface area contributed by atoms with Crippen LogP contribution in [0.4, 0.5) is 10.2 Å². The maximum Gasteiger partial charge on any atom is 0.128 e. The van der Waals surface area contributed by atoms with Crippen molar-refractivity contribution in [1.29, 1.82) is 0 Å². The van der Waals surface area contributed by atoms with Gasteiger partial charge in [0.25, 0.3) is 0 Å². The van der Waals surface area contributed by atoms with Crippen molar-refractivity contribution in [2.45, 2.75) is 13.1 Å². The van der Waals surface area contributed by atoms with Crippen LogP contribution in [0.2, 0.25) is 0 Å². The number of nitrogens with zero attached hydrogens (tertiary/aromatic N) is 2. The van der Waals surface area contributed by atoms with Gasteiger partial charge in [-0.15, -0.1) is 0 Å². The van der Waals surface area contributed by atoms with Crippen LogP contribution in [0.25, 0.3) is 0 Å². The molecule has 0 fully saturated rings. The van der Waals surface area contributed by atoms with Crippen LogP contribution in [0.3, 0.4) is 0 Å². The summed E-state index contributed by atoms with van der Waals surface area (Å²) < 4.78 is 13.1. The van der Waals surface area contributed by atoms with Gasteiger partial charge < -0.3 is 10.2 Å². The fraction of sp³-hybridized carbons (Fsp3) is 0.267. The summed E-state index contributed by atoms with van der Waals surface area (Å²) in [6.07, 6.45) is 1.86. The summed E-state index contributed by atoms with van der Waals surface area (Å²) in [7, 11) is 3.86. The molecular formula is C15H18FN3. The highest BCUT2D eigenvalue weighted by Gasteiger charge is 2.04. The average molecular weight is 259 g/mol. The number of anilines is 1. The molecule has 1 aromatic heterocycles. The van der Waals surface area contributed by atoms with E-state index in [2.05, 4.69) is 10.3 Å². The molecule has 0 aliphatic carbocycles. The number of rotatable bonds is 5. The second-order valence-electron chi connectivity index (χ2n) is 4.54. The zero-order valence-corrected chi connectivity index (χ0v) is 11.2. The van der Waals surface area contributed by atoms with Gasteiger partial charge in [-0.1, -0.05) is 18.2 Å². The Balaban J connectivity index is 2.05. The Morgan fingerprint density at radius 1 is 1.21 bits per heavy atom. The first kappa shape index (κ1) is 13.5. The Labute approximate surface area is 113 Å². The van der Waals surface area contributed by atoms with Gasteiger partial charge in [0.15, 0.2) is 0 Å². The van der Waals surface area contributed by atoms with Crippen molar-refractivity contribution in [2.75, 3.05) is 19.0 Å². The first-order valence-electron chi connectivity index (χ1n) is 6.24. The fourth-order valence-electron chi connectivity index (χ4n) is 1.94. The molecule has 0 saturated heterocycles. The molecule has 0 aliphatic heterocycles. The molecule has 1 heterocycles. The summed E-state index contributed by atoms with van der Waals surface area (Å²) in [4.78, 5) is 6.41. The SMILES string of the molecule is CNCc1ccc(N(C)Cc2cccc(F)c2)nc1. The fourth-order valence-corrected chi connectivity index (χ4v) is 1.94. The van der Waals surface area contributed by atoms with Gasteiger partial charge in [-0.3, -0.25) is 0 Å². The smallest absolute Gasteiger partial charge is 0.128 e. The van der Waals surface area contributed by atoms with Crippen LogP contribution in [0, 0.1) is 5.82 Å². The van der Waals surface area contributed by atoms with Gasteiger partial charge >= 0.3 is 0 Å². The van der Waals surface area contributed by atoms with E-state index in [9.17, 15) is 4.39 Å². The lowest BCUT2D eigenvalue weighted by Crippen LogP contribution is -2.18. The van der Waals surface area contributed by atoms with Crippen LogP contribution >= 0.6 is 0 Å². The van der Waals surface area contributed by atoms with Crippen molar-refractivity contribution in [3.05, 3.63) is 59.5 Å². The number of hydrogen-bond acceptors (Lipinski definition) is 3. The van der Waals surface area contributed by atoms with E-state index in [0.717, 1.165) is 23.5 Å². The lowest BCUT2D eigenvalue weighted by Gasteiger charge is -2.18. The van der Waals surface area contributed by atoms with E-state index in [0.29, 0.717) is 6.54 Å². The normalized spacial score (nSPS) is 10.5. The lowest BCUT2D eigenvalue weighted by atomic mass is 10.2. The maximum atomic E-state index is 13.1. The van der Waals surface area contributed by atoms with Crippen LogP contribution in [0.5, 0.6) is 0 Å². The van der Waals surface area contributed by atoms with Crippen molar-refractivity contribution in [1.82, 2.24) is 10.3 Å². The average Bonchev–Trinajstić information content (AvgIpc) is 2.40. The third-order valence-electron chi connectivity index (χ3n) is 2.89. The maximum absolute atomic E-state index is 13.1. The zero-order chi connectivity index (χ0) is 13.7. The number of hydrogen-bond donors (Lipinski definition) is 1. The second kappa shape index (κ2) is 6.29. The number of pyridine rings is 1. The first-order valence-corrected chi connectivity index (χ1v) is 6.24. The molecule has 0 spiro atoms. The number of benzene rings is 1. The molecule has 0 saturated carbocycles. The third kappa shape index (κ3) is 3.76. The molecule has 3 nitrogen and oxygen atoms in total. The largest absolute Gasteiger partial charge is 0.355 e. The third-order valence-corrected chi connectivity index (χ3v) is 2.89. The van der Waals surface area contributed by atoms with E-state index in [1.807, 2.05) is 43.4 Å². The Bertz CT molecular complexity index is 525. The Hall–Kier alpha value is -1.94. The minimum absolute atomic E-state index is 0.205. The Kier molecular flexibility index (Phi) is 4.47. The summed E-state index contributed by atoms with van der Waals surface area (Å²) in [6.45, 7) is 1.44. The van der Waals surface area contributed by atoms with Crippen LogP contribution in [-0.4, -0.2) is 19.1 Å². The van der Waals surface area contributed by atoms with E-state index >= 15 is 0 Å². The highest BCUT2D eigenvalue weighted by atomic mass is 19.1. The van der Waals surface area contributed by atoms with Gasteiger partial charge in [0, 0.05) is 26.3 Å². The van der Waals surface area contributed by atoms with Crippen LogP contribution in [0.1, 0.15) is 11.1 Å². The molecule has 0 radical (unpaired) electrons. The van der Waals surface area contributed by atoms with E-state index in [-0.39, 0.29) is 5.82 Å². The molecule has 100 valence electrons. The molecule has 0 unspecified atom stereocenters. The van der Waals surface area contributed by atoms with Crippen LogP contribution in [0.15, 0.2) is 42.6 Å². The number of nitrogens with one attached hydrogen (secondary N) is 1. The number of halogens is 1. The van der Waals surface area contributed by atoms with Crippen molar-refractivity contribution in [3.8, 4) is 0 Å². The first-order chi connectivity index (χ1) is 9.19. The van der Waals surface area contributed by atoms with Gasteiger partial charge in [0.1, 0.15) is 11.6 Å². The van der Waals surface area contributed by atoms with E-state index < -0.39 is 0 Å². The summed E-state index contributed by atoms with van der Waals surface area (Å²) in [5.74, 6) is 0.673. The molecule has 1 N–H and O–H groups in total. The van der Waals surface area contributed by atoms with Crippen molar-refractivity contribution >= 4 is 5.82 Å². The predicted octanol–water partition coefficient (Wildman–Crippen LogP) is 2.58.